The fraction of sp³-hybridized carbons (Fsp3) is 0.353. The molecule has 1 amide bonds. The van der Waals surface area contributed by atoms with Gasteiger partial charge in [0.25, 0.3) is 0 Å². The van der Waals surface area contributed by atoms with Crippen molar-refractivity contribution in [2.45, 2.75) is 31.3 Å². The Bertz CT molecular complexity index is 525. The monoisotopic (exact) mass is 286 g/mol. The molecule has 1 aromatic rings. The maximum absolute atomic E-state index is 12.7. The summed E-state index contributed by atoms with van der Waals surface area (Å²) in [7, 11) is 1.78. The molecular weight excluding hydrogens is 264 g/mol. The van der Waals surface area contributed by atoms with Gasteiger partial charge in [-0.3, -0.25) is 9.69 Å². The molecule has 1 heterocycles. The molecule has 2 atom stereocenters. The highest BCUT2D eigenvalue weighted by Crippen LogP contribution is 2.33. The molecule has 0 aliphatic carbocycles. The molecule has 0 radical (unpaired) electrons. The number of rotatable bonds is 4. The van der Waals surface area contributed by atoms with E-state index >= 15 is 0 Å². The fourth-order valence-corrected chi connectivity index (χ4v) is 2.81. The van der Waals surface area contributed by atoms with Crippen LogP contribution in [0.25, 0.3) is 0 Å². The van der Waals surface area contributed by atoms with Gasteiger partial charge in [-0.25, -0.2) is 0 Å². The summed E-state index contributed by atoms with van der Waals surface area (Å²) in [4.78, 5) is 14.2. The maximum Gasteiger partial charge on any atom is 0.246 e. The fourth-order valence-electron chi connectivity index (χ4n) is 2.81. The van der Waals surface area contributed by atoms with Crippen molar-refractivity contribution in [3.63, 3.8) is 0 Å². The molecule has 0 saturated carbocycles. The number of amides is 1. The van der Waals surface area contributed by atoms with Crippen molar-refractivity contribution in [3.8, 4) is 0 Å². The molecule has 1 aliphatic heterocycles. The number of aliphatic hydroxyl groups is 1. The first-order chi connectivity index (χ1) is 10.2. The van der Waals surface area contributed by atoms with Gasteiger partial charge in [-0.15, -0.1) is 0 Å². The van der Waals surface area contributed by atoms with Crippen molar-refractivity contribution in [2.24, 2.45) is 0 Å². The van der Waals surface area contributed by atoms with E-state index in [0.717, 1.165) is 24.8 Å². The molecule has 1 fully saturated rings. The van der Waals surface area contributed by atoms with Gasteiger partial charge in [0, 0.05) is 0 Å². The quantitative estimate of drug-likeness (QED) is 0.661. The molecule has 0 aromatic heterocycles. The highest BCUT2D eigenvalue weighted by molar-refractivity contribution is 5.84. The van der Waals surface area contributed by atoms with Crippen molar-refractivity contribution in [1.82, 2.24) is 10.2 Å². The van der Waals surface area contributed by atoms with Crippen molar-refractivity contribution in [2.75, 3.05) is 7.05 Å². The Morgan fingerprint density at radius 1 is 1.38 bits per heavy atom. The van der Waals surface area contributed by atoms with Crippen LogP contribution in [-0.4, -0.2) is 29.0 Å². The SMILES string of the molecule is C=C/C=C(\O)N1C(=O)C(NC)CCCC1c1ccccc1. The average molecular weight is 286 g/mol. The number of allylic oxidation sites excluding steroid dienone is 2. The van der Waals surface area contributed by atoms with Gasteiger partial charge in [-0.1, -0.05) is 43.0 Å². The summed E-state index contributed by atoms with van der Waals surface area (Å²) < 4.78 is 0. The lowest BCUT2D eigenvalue weighted by Crippen LogP contribution is -2.44. The first kappa shape index (κ1) is 15.3. The molecule has 21 heavy (non-hydrogen) atoms. The minimum atomic E-state index is -0.265. The molecule has 112 valence electrons. The van der Waals surface area contributed by atoms with E-state index < -0.39 is 0 Å². The summed E-state index contributed by atoms with van der Waals surface area (Å²) in [5.74, 6) is -0.148. The standard InChI is InChI=1S/C17H22N2O2/c1-3-8-16(20)19-15(13-9-5-4-6-10-13)12-7-11-14(18-2)17(19)21/h3-6,8-10,14-15,18,20H,1,7,11-12H2,2H3/b16-8-. The topological polar surface area (TPSA) is 52.6 Å². The zero-order valence-electron chi connectivity index (χ0n) is 12.3. The molecule has 2 N–H and O–H groups in total. The number of carbonyl (C=O) groups excluding carboxylic acids is 1. The minimum Gasteiger partial charge on any atom is -0.494 e. The van der Waals surface area contributed by atoms with Crippen LogP contribution >= 0.6 is 0 Å². The Hall–Kier alpha value is -2.07. The molecule has 1 aromatic carbocycles. The summed E-state index contributed by atoms with van der Waals surface area (Å²) in [5, 5.41) is 13.3. The third-order valence-corrected chi connectivity index (χ3v) is 3.86. The number of nitrogens with zero attached hydrogens (tertiary/aromatic N) is 1. The second kappa shape index (κ2) is 7.09. The third kappa shape index (κ3) is 3.34. The number of nitrogens with one attached hydrogen (secondary N) is 1. The first-order valence-electron chi connectivity index (χ1n) is 7.26. The molecule has 4 heteroatoms. The maximum atomic E-state index is 12.7. The van der Waals surface area contributed by atoms with Crippen LogP contribution in [0.3, 0.4) is 0 Å². The van der Waals surface area contributed by atoms with Gasteiger partial charge < -0.3 is 10.4 Å². The molecule has 4 nitrogen and oxygen atoms in total. The molecule has 1 aliphatic rings. The molecule has 2 rings (SSSR count). The van der Waals surface area contributed by atoms with E-state index in [4.69, 9.17) is 0 Å². The highest BCUT2D eigenvalue weighted by Gasteiger charge is 2.35. The largest absolute Gasteiger partial charge is 0.494 e. The van der Waals surface area contributed by atoms with Crippen LogP contribution in [0, 0.1) is 0 Å². The number of benzene rings is 1. The van der Waals surface area contributed by atoms with E-state index in [0.29, 0.717) is 0 Å². The Morgan fingerprint density at radius 3 is 2.71 bits per heavy atom. The van der Waals surface area contributed by atoms with E-state index in [-0.39, 0.29) is 23.9 Å². The number of hydrogen-bond acceptors (Lipinski definition) is 3. The summed E-state index contributed by atoms with van der Waals surface area (Å²) >= 11 is 0. The summed E-state index contributed by atoms with van der Waals surface area (Å²) in [6.07, 6.45) is 5.48. The van der Waals surface area contributed by atoms with Gasteiger partial charge in [0.1, 0.15) is 0 Å². The van der Waals surface area contributed by atoms with Crippen molar-refractivity contribution in [3.05, 3.63) is 60.5 Å². The van der Waals surface area contributed by atoms with Crippen molar-refractivity contribution >= 4 is 5.91 Å². The van der Waals surface area contributed by atoms with E-state index in [2.05, 4.69) is 11.9 Å². The zero-order valence-corrected chi connectivity index (χ0v) is 12.3. The normalized spacial score (nSPS) is 23.8. The summed E-state index contributed by atoms with van der Waals surface area (Å²) in [6, 6.07) is 9.42. The van der Waals surface area contributed by atoms with Crippen LogP contribution < -0.4 is 5.32 Å². The molecule has 2 unspecified atom stereocenters. The van der Waals surface area contributed by atoms with Crippen LogP contribution in [0.5, 0.6) is 0 Å². The van der Waals surface area contributed by atoms with Crippen molar-refractivity contribution < 1.29 is 9.90 Å². The second-order valence-electron chi connectivity index (χ2n) is 5.17. The summed E-state index contributed by atoms with van der Waals surface area (Å²) in [6.45, 7) is 3.59. The highest BCUT2D eigenvalue weighted by atomic mass is 16.3. The third-order valence-electron chi connectivity index (χ3n) is 3.86. The molecule has 1 saturated heterocycles. The number of aliphatic hydroxyl groups excluding tert-OH is 1. The van der Waals surface area contributed by atoms with E-state index in [1.165, 1.54) is 17.1 Å². The molecule has 0 spiro atoms. The van der Waals surface area contributed by atoms with Crippen LogP contribution in [-0.2, 0) is 4.79 Å². The van der Waals surface area contributed by atoms with Crippen LogP contribution in [0.15, 0.2) is 54.9 Å². The Labute approximate surface area is 125 Å². The van der Waals surface area contributed by atoms with Crippen LogP contribution in [0.1, 0.15) is 30.9 Å². The predicted molar refractivity (Wildman–Crippen MR) is 83.6 cm³/mol. The predicted octanol–water partition coefficient (Wildman–Crippen LogP) is 2.91. The number of likely N-dealkylation sites (N-methyl/N-ethyl adjacent to an activating group) is 1. The summed E-state index contributed by atoms with van der Waals surface area (Å²) in [5.41, 5.74) is 1.03. The van der Waals surface area contributed by atoms with Crippen molar-refractivity contribution in [1.29, 1.82) is 0 Å². The van der Waals surface area contributed by atoms with Gasteiger partial charge >= 0.3 is 0 Å². The first-order valence-corrected chi connectivity index (χ1v) is 7.26. The number of hydrogen-bond donors (Lipinski definition) is 2. The van der Waals surface area contributed by atoms with Gasteiger partial charge in [-0.2, -0.15) is 0 Å². The number of carbonyl (C=O) groups is 1. The van der Waals surface area contributed by atoms with Gasteiger partial charge in [0.2, 0.25) is 5.91 Å². The Balaban J connectivity index is 2.42. The number of likely N-dealkylation sites (tertiary alicyclic amines) is 1. The molecule has 0 bridgehead atoms. The Morgan fingerprint density at radius 2 is 2.10 bits per heavy atom. The lowest BCUT2D eigenvalue weighted by atomic mass is 10.0. The van der Waals surface area contributed by atoms with Gasteiger partial charge in [0.15, 0.2) is 5.88 Å². The lowest BCUT2D eigenvalue weighted by molar-refractivity contribution is -0.135. The minimum absolute atomic E-state index is 0.0500. The van der Waals surface area contributed by atoms with Crippen LogP contribution in [0.2, 0.25) is 0 Å². The lowest BCUT2D eigenvalue weighted by Gasteiger charge is -2.31. The van der Waals surface area contributed by atoms with E-state index in [1.807, 2.05) is 30.3 Å². The molecular formula is C17H22N2O2. The van der Waals surface area contributed by atoms with Gasteiger partial charge in [0.05, 0.1) is 12.1 Å². The van der Waals surface area contributed by atoms with Crippen LogP contribution in [0.4, 0.5) is 0 Å². The van der Waals surface area contributed by atoms with Gasteiger partial charge in [-0.05, 0) is 37.9 Å². The zero-order chi connectivity index (χ0) is 15.2. The Kier molecular flexibility index (Phi) is 5.17. The smallest absolute Gasteiger partial charge is 0.246 e. The van der Waals surface area contributed by atoms with E-state index in [1.54, 1.807) is 7.05 Å². The average Bonchev–Trinajstić information content (AvgIpc) is 2.67. The van der Waals surface area contributed by atoms with E-state index in [9.17, 15) is 9.90 Å². The second-order valence-corrected chi connectivity index (χ2v) is 5.17.